The van der Waals surface area contributed by atoms with Gasteiger partial charge in [-0.25, -0.2) is 0 Å². The predicted molar refractivity (Wildman–Crippen MR) is 120 cm³/mol. The average molecular weight is 439 g/mol. The molecular weight excluding hydrogens is 408 g/mol. The van der Waals surface area contributed by atoms with Crippen molar-refractivity contribution >= 4 is 17.6 Å². The van der Waals surface area contributed by atoms with Crippen molar-refractivity contribution in [3.8, 4) is 5.75 Å². The number of Topliss-reactive ketones (excluding diaryl/α,β-unsaturated/α-hetero) is 1. The van der Waals surface area contributed by atoms with E-state index in [2.05, 4.69) is 10.3 Å². The summed E-state index contributed by atoms with van der Waals surface area (Å²) in [5.74, 6) is -0.00121. The Morgan fingerprint density at radius 3 is 2.62 bits per heavy atom. The Morgan fingerprint density at radius 2 is 1.94 bits per heavy atom. The first-order chi connectivity index (χ1) is 15.4. The van der Waals surface area contributed by atoms with E-state index in [1.54, 1.807) is 30.5 Å². The summed E-state index contributed by atoms with van der Waals surface area (Å²) in [5.41, 5.74) is 7.94. The third-order valence-corrected chi connectivity index (χ3v) is 5.81. The molecule has 0 bridgehead atoms. The highest BCUT2D eigenvalue weighted by Gasteiger charge is 2.36. The molecule has 3 N–H and O–H groups in total. The standard InChI is InChI=1S/C24H30N4O4/c1-16(29)20(14-17-9-11-26-12-10-17)27-24(31)21-7-5-13-28(21)23(30)15-19(25)18-6-3-4-8-22(18)32-2/h3-4,6,8-12,19-21H,5,7,13-15,25H2,1-2H3,(H,27,31)/t19?,20?,21-/m0/s1. The second-order valence-electron chi connectivity index (χ2n) is 8.03. The van der Waals surface area contributed by atoms with Crippen molar-refractivity contribution in [3.63, 3.8) is 0 Å². The van der Waals surface area contributed by atoms with Gasteiger partial charge in [0.15, 0.2) is 5.78 Å². The number of nitrogens with zero attached hydrogens (tertiary/aromatic N) is 2. The highest BCUT2D eigenvalue weighted by molar-refractivity contribution is 5.92. The van der Waals surface area contributed by atoms with Crippen molar-refractivity contribution in [1.29, 1.82) is 0 Å². The van der Waals surface area contributed by atoms with E-state index >= 15 is 0 Å². The molecule has 2 unspecified atom stereocenters. The van der Waals surface area contributed by atoms with Gasteiger partial charge in [-0.15, -0.1) is 0 Å². The summed E-state index contributed by atoms with van der Waals surface area (Å²) in [7, 11) is 1.56. The van der Waals surface area contributed by atoms with Gasteiger partial charge < -0.3 is 20.7 Å². The molecule has 1 aromatic carbocycles. The summed E-state index contributed by atoms with van der Waals surface area (Å²) in [6.45, 7) is 1.95. The van der Waals surface area contributed by atoms with Gasteiger partial charge in [-0.2, -0.15) is 0 Å². The lowest BCUT2D eigenvalue weighted by Crippen LogP contribution is -2.51. The summed E-state index contributed by atoms with van der Waals surface area (Å²) in [5, 5.41) is 2.84. The number of likely N-dealkylation sites (tertiary alicyclic amines) is 1. The van der Waals surface area contributed by atoms with Gasteiger partial charge in [-0.1, -0.05) is 18.2 Å². The minimum atomic E-state index is -0.654. The van der Waals surface area contributed by atoms with Crippen molar-refractivity contribution < 1.29 is 19.1 Å². The van der Waals surface area contributed by atoms with Crippen molar-refractivity contribution in [2.24, 2.45) is 5.73 Å². The first-order valence-corrected chi connectivity index (χ1v) is 10.8. The largest absolute Gasteiger partial charge is 0.496 e. The minimum Gasteiger partial charge on any atom is -0.496 e. The van der Waals surface area contributed by atoms with Gasteiger partial charge in [0.1, 0.15) is 11.8 Å². The summed E-state index contributed by atoms with van der Waals surface area (Å²) in [6, 6.07) is 9.15. The first kappa shape index (κ1) is 23.4. The lowest BCUT2D eigenvalue weighted by Gasteiger charge is -2.27. The van der Waals surface area contributed by atoms with Crippen LogP contribution in [0.4, 0.5) is 0 Å². The van der Waals surface area contributed by atoms with Gasteiger partial charge in [0.05, 0.1) is 13.2 Å². The van der Waals surface area contributed by atoms with Crippen LogP contribution in [0.5, 0.6) is 5.75 Å². The maximum Gasteiger partial charge on any atom is 0.243 e. The summed E-state index contributed by atoms with van der Waals surface area (Å²) >= 11 is 0. The van der Waals surface area contributed by atoms with Crippen LogP contribution in [0.15, 0.2) is 48.8 Å². The number of pyridine rings is 1. The van der Waals surface area contributed by atoms with Gasteiger partial charge in [0.25, 0.3) is 0 Å². The Kier molecular flexibility index (Phi) is 7.94. The normalized spacial score (nSPS) is 17.5. The zero-order valence-electron chi connectivity index (χ0n) is 18.5. The number of ether oxygens (including phenoxy) is 1. The Balaban J connectivity index is 1.65. The van der Waals surface area contributed by atoms with E-state index in [4.69, 9.17) is 10.5 Å². The Labute approximate surface area is 188 Å². The monoisotopic (exact) mass is 438 g/mol. The maximum absolute atomic E-state index is 13.0. The molecule has 0 radical (unpaired) electrons. The smallest absolute Gasteiger partial charge is 0.243 e. The molecule has 1 aromatic heterocycles. The molecule has 32 heavy (non-hydrogen) atoms. The second kappa shape index (κ2) is 10.9. The van der Waals surface area contributed by atoms with Crippen LogP contribution in [-0.2, 0) is 20.8 Å². The number of para-hydroxylation sites is 1. The molecule has 1 fully saturated rings. The third-order valence-electron chi connectivity index (χ3n) is 5.81. The molecule has 2 amide bonds. The van der Waals surface area contributed by atoms with E-state index < -0.39 is 18.1 Å². The van der Waals surface area contributed by atoms with Crippen LogP contribution in [0.25, 0.3) is 0 Å². The molecule has 8 nitrogen and oxygen atoms in total. The number of carbonyl (C=O) groups is 3. The Bertz CT molecular complexity index is 950. The lowest BCUT2D eigenvalue weighted by atomic mass is 10.0. The lowest BCUT2D eigenvalue weighted by molar-refractivity contribution is -0.139. The van der Waals surface area contributed by atoms with Crippen LogP contribution < -0.4 is 15.8 Å². The van der Waals surface area contributed by atoms with Crippen molar-refractivity contribution in [2.45, 2.75) is 50.7 Å². The van der Waals surface area contributed by atoms with E-state index in [9.17, 15) is 14.4 Å². The van der Waals surface area contributed by atoms with Crippen LogP contribution >= 0.6 is 0 Å². The SMILES string of the molecule is COc1ccccc1C(N)CC(=O)N1CCC[C@H]1C(=O)NC(Cc1ccncc1)C(C)=O. The van der Waals surface area contributed by atoms with Gasteiger partial charge in [0.2, 0.25) is 11.8 Å². The first-order valence-electron chi connectivity index (χ1n) is 10.8. The fraction of sp³-hybridized carbons (Fsp3) is 0.417. The molecule has 2 aromatic rings. The summed E-state index contributed by atoms with van der Waals surface area (Å²) in [4.78, 5) is 43.7. The number of rotatable bonds is 9. The maximum atomic E-state index is 13.0. The number of amides is 2. The highest BCUT2D eigenvalue weighted by Crippen LogP contribution is 2.27. The molecule has 8 heteroatoms. The zero-order chi connectivity index (χ0) is 23.1. The molecule has 0 aliphatic carbocycles. The molecule has 2 heterocycles. The fourth-order valence-electron chi connectivity index (χ4n) is 4.04. The topological polar surface area (TPSA) is 115 Å². The predicted octanol–water partition coefficient (Wildman–Crippen LogP) is 1.79. The highest BCUT2D eigenvalue weighted by atomic mass is 16.5. The Hall–Kier alpha value is -3.26. The molecule has 1 aliphatic rings. The number of aromatic nitrogens is 1. The number of benzene rings is 1. The number of nitrogens with one attached hydrogen (secondary N) is 1. The average Bonchev–Trinajstić information content (AvgIpc) is 3.29. The van der Waals surface area contributed by atoms with Gasteiger partial charge >= 0.3 is 0 Å². The molecule has 0 spiro atoms. The molecule has 3 rings (SSSR count). The van der Waals surface area contributed by atoms with Gasteiger partial charge in [-0.3, -0.25) is 19.4 Å². The molecule has 170 valence electrons. The fourth-order valence-corrected chi connectivity index (χ4v) is 4.04. The zero-order valence-corrected chi connectivity index (χ0v) is 18.5. The molecule has 1 aliphatic heterocycles. The van der Waals surface area contributed by atoms with Crippen molar-refractivity contribution in [3.05, 3.63) is 59.9 Å². The van der Waals surface area contributed by atoms with Crippen LogP contribution in [0.1, 0.15) is 43.4 Å². The van der Waals surface area contributed by atoms with E-state index in [-0.39, 0.29) is 24.0 Å². The van der Waals surface area contributed by atoms with E-state index in [1.165, 1.54) is 6.92 Å². The number of hydrogen-bond donors (Lipinski definition) is 2. The number of carbonyl (C=O) groups excluding carboxylic acids is 3. The van der Waals surface area contributed by atoms with Gasteiger partial charge in [0, 0.05) is 37.0 Å². The van der Waals surface area contributed by atoms with Gasteiger partial charge in [-0.05, 0) is 49.9 Å². The number of ketones is 1. The van der Waals surface area contributed by atoms with Crippen molar-refractivity contribution in [1.82, 2.24) is 15.2 Å². The summed E-state index contributed by atoms with van der Waals surface area (Å²) in [6.07, 6.45) is 5.03. The number of methoxy groups -OCH3 is 1. The van der Waals surface area contributed by atoms with Crippen molar-refractivity contribution in [2.75, 3.05) is 13.7 Å². The molecular formula is C24H30N4O4. The second-order valence-corrected chi connectivity index (χ2v) is 8.03. The quantitative estimate of drug-likeness (QED) is 0.617. The number of hydrogen-bond acceptors (Lipinski definition) is 6. The van der Waals surface area contributed by atoms with E-state index in [0.29, 0.717) is 25.1 Å². The van der Waals surface area contributed by atoms with Crippen LogP contribution in [0.2, 0.25) is 0 Å². The van der Waals surface area contributed by atoms with Crippen LogP contribution in [0, 0.1) is 0 Å². The van der Waals surface area contributed by atoms with Crippen LogP contribution in [0.3, 0.4) is 0 Å². The third kappa shape index (κ3) is 5.70. The van der Waals surface area contributed by atoms with E-state index in [0.717, 1.165) is 17.5 Å². The minimum absolute atomic E-state index is 0.0668. The Morgan fingerprint density at radius 1 is 1.22 bits per heavy atom. The molecule has 1 saturated heterocycles. The molecule has 0 saturated carbocycles. The number of nitrogens with two attached hydrogens (primary N) is 1. The summed E-state index contributed by atoms with van der Waals surface area (Å²) < 4.78 is 5.34. The molecule has 3 atom stereocenters. The van der Waals surface area contributed by atoms with E-state index in [1.807, 2.05) is 30.3 Å². The van der Waals surface area contributed by atoms with Crippen LogP contribution in [-0.4, -0.2) is 53.2 Å².